The van der Waals surface area contributed by atoms with E-state index in [-0.39, 0.29) is 0 Å². The largest absolute Gasteiger partial charge is 0.300 e. The molecule has 0 unspecified atom stereocenters. The van der Waals surface area contributed by atoms with Gasteiger partial charge in [-0.1, -0.05) is 60.4 Å². The molecule has 0 radical (unpaired) electrons. The van der Waals surface area contributed by atoms with Gasteiger partial charge in [0.25, 0.3) is 0 Å². The van der Waals surface area contributed by atoms with Crippen LogP contribution >= 0.6 is 0 Å². The molecule has 1 heteroatoms. The molecule has 0 rings (SSSR count). The number of rotatable bonds is 14. The summed E-state index contributed by atoms with van der Waals surface area (Å²) in [6, 6.07) is 0. The van der Waals surface area contributed by atoms with Crippen LogP contribution < -0.4 is 0 Å². The molecule has 0 aromatic rings. The first-order valence-electron chi connectivity index (χ1n) is 10.5. The molecule has 0 spiro atoms. The van der Waals surface area contributed by atoms with Crippen LogP contribution in [0.25, 0.3) is 0 Å². The van der Waals surface area contributed by atoms with Gasteiger partial charge in [-0.2, -0.15) is 0 Å². The number of carbonyl (C=O) groups excluding carboxylic acids is 1. The molecule has 0 aliphatic heterocycles. The zero-order chi connectivity index (χ0) is 19.8. The molecule has 0 aliphatic rings. The molecule has 148 valence electrons. The SMILES string of the molecule is CCC(=O)CC/C=C(\CC)CC/C=C(\C)CC/C=C(\C)CCC=C(C)C. The van der Waals surface area contributed by atoms with Crippen LogP contribution in [-0.2, 0) is 4.79 Å². The number of ketones is 1. The number of Topliss-reactive ketones (excluding diaryl/α,β-unsaturated/α-hetero) is 1. The Morgan fingerprint density at radius 2 is 1.12 bits per heavy atom. The summed E-state index contributed by atoms with van der Waals surface area (Å²) in [6.07, 6.45) is 19.7. The molecule has 0 atom stereocenters. The zero-order valence-electron chi connectivity index (χ0n) is 18.3. The summed E-state index contributed by atoms with van der Waals surface area (Å²) in [5.41, 5.74) is 5.91. The van der Waals surface area contributed by atoms with Crippen LogP contribution in [0.1, 0.15) is 106 Å². The van der Waals surface area contributed by atoms with E-state index in [0.29, 0.717) is 18.6 Å². The second-order valence-corrected chi connectivity index (χ2v) is 7.65. The second kappa shape index (κ2) is 15.9. The zero-order valence-corrected chi connectivity index (χ0v) is 18.3. The highest BCUT2D eigenvalue weighted by molar-refractivity contribution is 5.78. The first kappa shape index (κ1) is 24.6. The molecule has 0 aromatic heterocycles. The van der Waals surface area contributed by atoms with Crippen molar-refractivity contribution in [3.63, 3.8) is 0 Å². The molecule has 0 aliphatic carbocycles. The minimum Gasteiger partial charge on any atom is -0.300 e. The fourth-order valence-corrected chi connectivity index (χ4v) is 2.88. The highest BCUT2D eigenvalue weighted by Gasteiger charge is 1.98. The van der Waals surface area contributed by atoms with E-state index in [2.05, 4.69) is 58.9 Å². The third kappa shape index (κ3) is 14.9. The lowest BCUT2D eigenvalue weighted by atomic mass is 10.0. The maximum Gasteiger partial charge on any atom is 0.132 e. The summed E-state index contributed by atoms with van der Waals surface area (Å²) in [5.74, 6) is 0.372. The van der Waals surface area contributed by atoms with Crippen molar-refractivity contribution in [2.45, 2.75) is 106 Å². The van der Waals surface area contributed by atoms with E-state index in [9.17, 15) is 4.79 Å². The predicted octanol–water partition coefficient (Wildman–Crippen LogP) is 8.28. The summed E-state index contributed by atoms with van der Waals surface area (Å²) in [4.78, 5) is 11.4. The minimum absolute atomic E-state index is 0.372. The van der Waals surface area contributed by atoms with Gasteiger partial charge in [0.1, 0.15) is 5.78 Å². The second-order valence-electron chi connectivity index (χ2n) is 7.65. The van der Waals surface area contributed by atoms with Crippen LogP contribution in [-0.4, -0.2) is 5.78 Å². The monoisotopic (exact) mass is 358 g/mol. The topological polar surface area (TPSA) is 17.1 Å². The van der Waals surface area contributed by atoms with Gasteiger partial charge in [0, 0.05) is 12.8 Å². The average Bonchev–Trinajstić information content (AvgIpc) is 2.59. The van der Waals surface area contributed by atoms with Gasteiger partial charge in [0.2, 0.25) is 0 Å². The summed E-state index contributed by atoms with van der Waals surface area (Å²) < 4.78 is 0. The molecule has 0 N–H and O–H groups in total. The smallest absolute Gasteiger partial charge is 0.132 e. The third-order valence-electron chi connectivity index (χ3n) is 4.79. The van der Waals surface area contributed by atoms with Crippen LogP contribution in [0.4, 0.5) is 0 Å². The number of hydrogen-bond donors (Lipinski definition) is 0. The van der Waals surface area contributed by atoms with E-state index in [0.717, 1.165) is 44.9 Å². The first-order valence-corrected chi connectivity index (χ1v) is 10.5. The normalized spacial score (nSPS) is 13.1. The van der Waals surface area contributed by atoms with Gasteiger partial charge < -0.3 is 0 Å². The van der Waals surface area contributed by atoms with Gasteiger partial charge in [0.05, 0.1) is 0 Å². The molecular weight excluding hydrogens is 316 g/mol. The molecule has 0 aromatic carbocycles. The Bertz CT molecular complexity index is 510. The van der Waals surface area contributed by atoms with E-state index >= 15 is 0 Å². The molecule has 1 nitrogen and oxygen atoms in total. The lowest BCUT2D eigenvalue weighted by Crippen LogP contribution is -1.93. The highest BCUT2D eigenvalue weighted by atomic mass is 16.1. The fourth-order valence-electron chi connectivity index (χ4n) is 2.88. The maximum atomic E-state index is 11.4. The Kier molecular flexibility index (Phi) is 15.0. The maximum absolute atomic E-state index is 11.4. The van der Waals surface area contributed by atoms with Crippen LogP contribution in [0.5, 0.6) is 0 Å². The lowest BCUT2D eigenvalue weighted by Gasteiger charge is -2.04. The van der Waals surface area contributed by atoms with Gasteiger partial charge in [-0.3, -0.25) is 4.79 Å². The van der Waals surface area contributed by atoms with Gasteiger partial charge in [-0.15, -0.1) is 0 Å². The number of carbonyl (C=O) groups is 1. The Morgan fingerprint density at radius 1 is 0.615 bits per heavy atom. The van der Waals surface area contributed by atoms with Crippen molar-refractivity contribution in [3.8, 4) is 0 Å². The van der Waals surface area contributed by atoms with Gasteiger partial charge in [-0.05, 0) is 79.1 Å². The fraction of sp³-hybridized carbons (Fsp3) is 0.640. The summed E-state index contributed by atoms with van der Waals surface area (Å²) in [6.45, 7) is 13.0. The van der Waals surface area contributed by atoms with Crippen molar-refractivity contribution in [1.82, 2.24) is 0 Å². The minimum atomic E-state index is 0.372. The summed E-state index contributed by atoms with van der Waals surface area (Å²) in [5, 5.41) is 0. The van der Waals surface area contributed by atoms with E-state index in [1.54, 1.807) is 0 Å². The van der Waals surface area contributed by atoms with Crippen LogP contribution in [0.15, 0.2) is 46.6 Å². The molecule has 26 heavy (non-hydrogen) atoms. The van der Waals surface area contributed by atoms with Gasteiger partial charge >= 0.3 is 0 Å². The Hall–Kier alpha value is -1.37. The molecule has 0 fully saturated rings. The average molecular weight is 359 g/mol. The van der Waals surface area contributed by atoms with Crippen molar-refractivity contribution >= 4 is 5.78 Å². The van der Waals surface area contributed by atoms with Crippen LogP contribution in [0, 0.1) is 0 Å². The number of hydrogen-bond acceptors (Lipinski definition) is 1. The van der Waals surface area contributed by atoms with Crippen molar-refractivity contribution in [2.75, 3.05) is 0 Å². The summed E-state index contributed by atoms with van der Waals surface area (Å²) in [7, 11) is 0. The van der Waals surface area contributed by atoms with Crippen molar-refractivity contribution in [2.24, 2.45) is 0 Å². The lowest BCUT2D eigenvalue weighted by molar-refractivity contribution is -0.118. The molecule has 0 amide bonds. The van der Waals surface area contributed by atoms with Crippen molar-refractivity contribution < 1.29 is 4.79 Å². The molecule has 0 bridgehead atoms. The van der Waals surface area contributed by atoms with E-state index < -0.39 is 0 Å². The third-order valence-corrected chi connectivity index (χ3v) is 4.79. The molecular formula is C25H42O. The summed E-state index contributed by atoms with van der Waals surface area (Å²) >= 11 is 0. The number of allylic oxidation sites excluding steroid dienone is 8. The van der Waals surface area contributed by atoms with Crippen LogP contribution in [0.2, 0.25) is 0 Å². The Morgan fingerprint density at radius 3 is 1.62 bits per heavy atom. The van der Waals surface area contributed by atoms with E-state index in [1.165, 1.54) is 28.7 Å². The van der Waals surface area contributed by atoms with Crippen molar-refractivity contribution in [3.05, 3.63) is 46.6 Å². The van der Waals surface area contributed by atoms with E-state index in [4.69, 9.17) is 0 Å². The molecule has 0 heterocycles. The quantitative estimate of drug-likeness (QED) is 0.285. The Labute approximate surface area is 163 Å². The molecule has 0 saturated heterocycles. The first-order chi connectivity index (χ1) is 12.4. The standard InChI is InChI=1S/C25H42O/c1-7-24(19-12-20-25(26)8-2)18-11-17-23(6)16-10-15-22(5)14-9-13-21(3)4/h13,15,17,19H,7-12,14,16,18,20H2,1-6H3/b22-15+,23-17+,24-19+. The van der Waals surface area contributed by atoms with E-state index in [1.807, 2.05) is 6.92 Å². The molecule has 0 saturated carbocycles. The van der Waals surface area contributed by atoms with Gasteiger partial charge in [-0.25, -0.2) is 0 Å². The van der Waals surface area contributed by atoms with Crippen LogP contribution in [0.3, 0.4) is 0 Å². The predicted molar refractivity (Wildman–Crippen MR) is 118 cm³/mol. The highest BCUT2D eigenvalue weighted by Crippen LogP contribution is 2.16. The van der Waals surface area contributed by atoms with Crippen molar-refractivity contribution in [1.29, 1.82) is 0 Å². The van der Waals surface area contributed by atoms with Gasteiger partial charge in [0.15, 0.2) is 0 Å². The Balaban J connectivity index is 4.13.